The summed E-state index contributed by atoms with van der Waals surface area (Å²) < 4.78 is 2.16. The topological polar surface area (TPSA) is 43.8 Å². The van der Waals surface area contributed by atoms with Gasteiger partial charge in [-0.2, -0.15) is 0 Å². The molecule has 1 atom stereocenters. The van der Waals surface area contributed by atoms with Gasteiger partial charge in [0.2, 0.25) is 0 Å². The number of benzene rings is 1. The van der Waals surface area contributed by atoms with E-state index in [1.54, 1.807) is 0 Å². The van der Waals surface area contributed by atoms with Gasteiger partial charge in [0.15, 0.2) is 0 Å². The van der Waals surface area contributed by atoms with Crippen LogP contribution in [0.1, 0.15) is 32.1 Å². The Morgan fingerprint density at radius 2 is 2.11 bits per heavy atom. The van der Waals surface area contributed by atoms with Gasteiger partial charge >= 0.3 is 0 Å². The maximum Gasteiger partial charge on any atom is 0.0958 e. The van der Waals surface area contributed by atoms with Crippen LogP contribution in [-0.4, -0.2) is 15.6 Å². The van der Waals surface area contributed by atoms with Crippen molar-refractivity contribution in [2.75, 3.05) is 0 Å². The summed E-state index contributed by atoms with van der Waals surface area (Å²) >= 11 is 0. The molecule has 102 valence electrons. The Labute approximate surface area is 115 Å². The van der Waals surface area contributed by atoms with Crippen LogP contribution in [-0.2, 0) is 6.54 Å². The van der Waals surface area contributed by atoms with Crippen molar-refractivity contribution in [3.05, 3.63) is 43.2 Å². The van der Waals surface area contributed by atoms with Crippen molar-refractivity contribution in [1.82, 2.24) is 9.55 Å². The fourth-order valence-corrected chi connectivity index (χ4v) is 2.37. The second-order valence-electron chi connectivity index (χ2n) is 5.07. The first-order valence-electron chi connectivity index (χ1n) is 7.07. The molecule has 0 bridgehead atoms. The van der Waals surface area contributed by atoms with Gasteiger partial charge in [-0.15, -0.1) is 6.58 Å². The Balaban J connectivity index is 1.81. The summed E-state index contributed by atoms with van der Waals surface area (Å²) in [5, 5.41) is 0. The Kier molecular flexibility index (Phi) is 5.16. The molecule has 2 N–H and O–H groups in total. The third kappa shape index (κ3) is 3.93. The first-order valence-corrected chi connectivity index (χ1v) is 7.07. The summed E-state index contributed by atoms with van der Waals surface area (Å²) in [7, 11) is 0. The Morgan fingerprint density at radius 3 is 2.95 bits per heavy atom. The first kappa shape index (κ1) is 13.8. The highest BCUT2D eigenvalue weighted by molar-refractivity contribution is 5.74. The van der Waals surface area contributed by atoms with Crippen LogP contribution >= 0.6 is 0 Å². The Hall–Kier alpha value is -1.61. The molecule has 3 nitrogen and oxygen atoms in total. The molecule has 0 aliphatic rings. The van der Waals surface area contributed by atoms with Crippen LogP contribution in [0.2, 0.25) is 0 Å². The van der Waals surface area contributed by atoms with Crippen molar-refractivity contribution in [3.8, 4) is 0 Å². The van der Waals surface area contributed by atoms with Crippen molar-refractivity contribution in [1.29, 1.82) is 0 Å². The van der Waals surface area contributed by atoms with Crippen LogP contribution in [0.5, 0.6) is 0 Å². The third-order valence-electron chi connectivity index (χ3n) is 3.44. The van der Waals surface area contributed by atoms with Gasteiger partial charge in [0.1, 0.15) is 0 Å². The second kappa shape index (κ2) is 7.10. The fraction of sp³-hybridized carbons (Fsp3) is 0.438. The van der Waals surface area contributed by atoms with Crippen molar-refractivity contribution in [2.45, 2.75) is 44.7 Å². The van der Waals surface area contributed by atoms with E-state index in [1.165, 1.54) is 24.8 Å². The second-order valence-corrected chi connectivity index (χ2v) is 5.07. The van der Waals surface area contributed by atoms with Gasteiger partial charge < -0.3 is 10.3 Å². The number of imidazole rings is 1. The number of rotatable bonds is 8. The van der Waals surface area contributed by atoms with Crippen molar-refractivity contribution >= 4 is 11.0 Å². The minimum absolute atomic E-state index is 0.210. The number of allylic oxidation sites excluding steroid dienone is 1. The van der Waals surface area contributed by atoms with Gasteiger partial charge in [0.25, 0.3) is 0 Å². The minimum Gasteiger partial charge on any atom is -0.329 e. The quantitative estimate of drug-likeness (QED) is 0.581. The molecule has 1 aromatic carbocycles. The summed E-state index contributed by atoms with van der Waals surface area (Å²) in [6, 6.07) is 8.40. The van der Waals surface area contributed by atoms with Crippen LogP contribution in [0.4, 0.5) is 0 Å². The molecule has 0 saturated heterocycles. The number of hydrogen-bond acceptors (Lipinski definition) is 2. The third-order valence-corrected chi connectivity index (χ3v) is 3.44. The molecule has 0 radical (unpaired) electrons. The standard InChI is InChI=1S/C16H23N3/c1-2-3-4-5-6-9-14(17)12-19-13-18-15-10-7-8-11-16(15)19/h2,7-8,10-11,13-14H,1,3-6,9,12,17H2. The van der Waals surface area contributed by atoms with Gasteiger partial charge in [-0.1, -0.05) is 31.1 Å². The van der Waals surface area contributed by atoms with E-state index in [9.17, 15) is 0 Å². The number of hydrogen-bond donors (Lipinski definition) is 1. The van der Waals surface area contributed by atoms with Gasteiger partial charge in [0, 0.05) is 12.6 Å². The lowest BCUT2D eigenvalue weighted by Gasteiger charge is -2.12. The van der Waals surface area contributed by atoms with Crippen molar-refractivity contribution in [3.63, 3.8) is 0 Å². The normalized spacial score (nSPS) is 12.7. The van der Waals surface area contributed by atoms with E-state index < -0.39 is 0 Å². The van der Waals surface area contributed by atoms with Crippen LogP contribution < -0.4 is 5.73 Å². The molecular weight excluding hydrogens is 234 g/mol. The maximum atomic E-state index is 6.20. The number of nitrogens with zero attached hydrogens (tertiary/aromatic N) is 2. The molecule has 0 amide bonds. The van der Waals surface area contributed by atoms with Gasteiger partial charge in [0.05, 0.1) is 17.4 Å². The van der Waals surface area contributed by atoms with E-state index in [-0.39, 0.29) is 6.04 Å². The van der Waals surface area contributed by atoms with E-state index in [0.29, 0.717) is 0 Å². The predicted molar refractivity (Wildman–Crippen MR) is 81.0 cm³/mol. The lowest BCUT2D eigenvalue weighted by atomic mass is 10.1. The van der Waals surface area contributed by atoms with E-state index in [2.05, 4.69) is 22.2 Å². The average Bonchev–Trinajstić information content (AvgIpc) is 2.82. The monoisotopic (exact) mass is 257 g/mol. The molecule has 1 unspecified atom stereocenters. The predicted octanol–water partition coefficient (Wildman–Crippen LogP) is 3.50. The lowest BCUT2D eigenvalue weighted by molar-refractivity contribution is 0.496. The number of para-hydroxylation sites is 2. The van der Waals surface area contributed by atoms with Crippen LogP contribution in [0.25, 0.3) is 11.0 Å². The molecule has 0 saturated carbocycles. The molecule has 2 aromatic rings. The van der Waals surface area contributed by atoms with E-state index in [0.717, 1.165) is 24.9 Å². The van der Waals surface area contributed by atoms with Gasteiger partial charge in [-0.05, 0) is 31.4 Å². The smallest absolute Gasteiger partial charge is 0.0958 e. The molecule has 1 aromatic heterocycles. The van der Waals surface area contributed by atoms with Gasteiger partial charge in [-0.3, -0.25) is 0 Å². The molecule has 0 aliphatic carbocycles. The highest BCUT2D eigenvalue weighted by atomic mass is 15.1. The zero-order chi connectivity index (χ0) is 13.5. The minimum atomic E-state index is 0.210. The number of aromatic nitrogens is 2. The summed E-state index contributed by atoms with van der Waals surface area (Å²) in [5.74, 6) is 0. The zero-order valence-corrected chi connectivity index (χ0v) is 11.5. The number of nitrogens with two attached hydrogens (primary N) is 1. The zero-order valence-electron chi connectivity index (χ0n) is 11.5. The summed E-state index contributed by atoms with van der Waals surface area (Å²) in [5.41, 5.74) is 8.42. The summed E-state index contributed by atoms with van der Waals surface area (Å²) in [6.45, 7) is 4.59. The van der Waals surface area contributed by atoms with Crippen LogP contribution in [0.15, 0.2) is 43.2 Å². The molecular formula is C16H23N3. The molecule has 2 rings (SSSR count). The fourth-order valence-electron chi connectivity index (χ4n) is 2.37. The molecule has 19 heavy (non-hydrogen) atoms. The van der Waals surface area contributed by atoms with Crippen molar-refractivity contribution < 1.29 is 0 Å². The maximum absolute atomic E-state index is 6.20. The lowest BCUT2D eigenvalue weighted by Crippen LogP contribution is -2.25. The largest absolute Gasteiger partial charge is 0.329 e. The summed E-state index contributed by atoms with van der Waals surface area (Å²) in [6.07, 6.45) is 9.72. The molecule has 1 heterocycles. The number of fused-ring (bicyclic) bond motifs is 1. The molecule has 0 spiro atoms. The first-order chi connectivity index (χ1) is 9.31. The van der Waals surface area contributed by atoms with Crippen LogP contribution in [0, 0.1) is 0 Å². The summed E-state index contributed by atoms with van der Waals surface area (Å²) in [4.78, 5) is 4.39. The Bertz CT molecular complexity index is 515. The van der Waals surface area contributed by atoms with E-state index >= 15 is 0 Å². The van der Waals surface area contributed by atoms with Gasteiger partial charge in [-0.25, -0.2) is 4.98 Å². The Morgan fingerprint density at radius 1 is 1.26 bits per heavy atom. The SMILES string of the molecule is C=CCCCCCC(N)Cn1cnc2ccccc21. The van der Waals surface area contributed by atoms with E-state index in [1.807, 2.05) is 30.6 Å². The highest BCUT2D eigenvalue weighted by Crippen LogP contribution is 2.13. The van der Waals surface area contributed by atoms with Crippen LogP contribution in [0.3, 0.4) is 0 Å². The molecule has 3 heteroatoms. The van der Waals surface area contributed by atoms with E-state index in [4.69, 9.17) is 5.73 Å². The number of unbranched alkanes of at least 4 members (excludes halogenated alkanes) is 3. The molecule has 0 aliphatic heterocycles. The van der Waals surface area contributed by atoms with Crippen molar-refractivity contribution in [2.24, 2.45) is 5.73 Å². The highest BCUT2D eigenvalue weighted by Gasteiger charge is 2.06. The average molecular weight is 257 g/mol. The molecule has 0 fully saturated rings.